The van der Waals surface area contributed by atoms with Crippen molar-refractivity contribution in [2.24, 2.45) is 0 Å². The maximum atomic E-state index is 11.9. The molecule has 4 rings (SSSR count). The topological polar surface area (TPSA) is 108 Å². The molecule has 3 aromatic carbocycles. The first-order valence-corrected chi connectivity index (χ1v) is 12.7. The molecule has 0 saturated carbocycles. The Kier molecular flexibility index (Phi) is 7.85. The van der Waals surface area contributed by atoms with Crippen molar-refractivity contribution in [3.8, 4) is 28.3 Å². The number of benzene rings is 3. The van der Waals surface area contributed by atoms with Gasteiger partial charge in [-0.25, -0.2) is 4.98 Å². The Morgan fingerprint density at radius 2 is 1.72 bits per heavy atom. The highest BCUT2D eigenvalue weighted by Gasteiger charge is 2.20. The molecule has 0 unspecified atom stereocenters. The van der Waals surface area contributed by atoms with E-state index in [0.29, 0.717) is 41.2 Å². The third-order valence-electron chi connectivity index (χ3n) is 5.52. The molecule has 0 fully saturated rings. The molecule has 186 valence electrons. The highest BCUT2D eigenvalue weighted by atomic mass is 35.5. The van der Waals surface area contributed by atoms with Crippen molar-refractivity contribution in [3.05, 3.63) is 89.2 Å². The lowest BCUT2D eigenvalue weighted by molar-refractivity contribution is 0.111. The largest absolute Gasteiger partial charge is 0.491 e. The van der Waals surface area contributed by atoms with E-state index >= 15 is 0 Å². The Hall–Kier alpha value is -3.50. The molecule has 4 aromatic rings. The minimum Gasteiger partial charge on any atom is -0.491 e. The fraction of sp³-hybridized carbons (Fsp3) is 0.154. The predicted molar refractivity (Wildman–Crippen MR) is 136 cm³/mol. The quantitative estimate of drug-likeness (QED) is 0.176. The second-order valence-corrected chi connectivity index (χ2v) is 9.56. The van der Waals surface area contributed by atoms with Crippen LogP contribution in [0.2, 0.25) is 5.15 Å². The van der Waals surface area contributed by atoms with Gasteiger partial charge in [0.05, 0.1) is 13.2 Å². The van der Waals surface area contributed by atoms with Crippen molar-refractivity contribution in [2.75, 3.05) is 20.3 Å². The molecule has 0 aliphatic rings. The number of imidazole rings is 1. The van der Waals surface area contributed by atoms with E-state index in [1.807, 2.05) is 30.3 Å². The van der Waals surface area contributed by atoms with Crippen molar-refractivity contribution in [1.82, 2.24) is 9.55 Å². The number of ether oxygens (including phenoxy) is 2. The van der Waals surface area contributed by atoms with Gasteiger partial charge in [0.15, 0.2) is 11.4 Å². The molecule has 0 spiro atoms. The third kappa shape index (κ3) is 5.50. The lowest BCUT2D eigenvalue weighted by atomic mass is 10.0. The first-order valence-electron chi connectivity index (χ1n) is 10.9. The number of carbonyl (C=O) groups excluding carboxylic acids is 1. The number of hydrogen-bond donors (Lipinski definition) is 1. The second kappa shape index (κ2) is 11.0. The Balaban J connectivity index is 1.82. The number of rotatable bonds is 10. The summed E-state index contributed by atoms with van der Waals surface area (Å²) in [6.45, 7) is 0.779. The summed E-state index contributed by atoms with van der Waals surface area (Å²) in [5.41, 5.74) is 2.56. The fourth-order valence-electron chi connectivity index (χ4n) is 3.84. The summed E-state index contributed by atoms with van der Waals surface area (Å²) >= 11 is 6.28. The maximum absolute atomic E-state index is 11.9. The zero-order valence-electron chi connectivity index (χ0n) is 19.3. The van der Waals surface area contributed by atoms with Crippen LogP contribution in [0.3, 0.4) is 0 Å². The molecule has 0 aliphatic carbocycles. The van der Waals surface area contributed by atoms with Crippen LogP contribution in [0, 0.1) is 0 Å². The average molecular weight is 527 g/mol. The SMILES string of the molecule is COCCOc1cc(-c2ccccc2S(=O)(=O)O)ccc1Cn1c(-c2ccccc2)nc(Cl)c1C=O. The molecule has 0 radical (unpaired) electrons. The minimum atomic E-state index is -4.44. The van der Waals surface area contributed by atoms with Crippen molar-refractivity contribution in [1.29, 1.82) is 0 Å². The van der Waals surface area contributed by atoms with Crippen LogP contribution in [-0.2, 0) is 21.4 Å². The first-order chi connectivity index (χ1) is 17.3. The number of carbonyl (C=O) groups is 1. The minimum absolute atomic E-state index is 0.0874. The molecular weight excluding hydrogens is 504 g/mol. The zero-order chi connectivity index (χ0) is 25.7. The smallest absolute Gasteiger partial charge is 0.295 e. The van der Waals surface area contributed by atoms with Crippen molar-refractivity contribution >= 4 is 28.0 Å². The van der Waals surface area contributed by atoms with Gasteiger partial charge in [-0.15, -0.1) is 0 Å². The first kappa shape index (κ1) is 25.6. The number of halogens is 1. The van der Waals surface area contributed by atoms with Crippen LogP contribution in [0.1, 0.15) is 16.1 Å². The summed E-state index contributed by atoms with van der Waals surface area (Å²) < 4.78 is 46.3. The summed E-state index contributed by atoms with van der Waals surface area (Å²) in [4.78, 5) is 16.1. The van der Waals surface area contributed by atoms with E-state index in [1.165, 1.54) is 12.1 Å². The van der Waals surface area contributed by atoms with E-state index in [-0.39, 0.29) is 28.9 Å². The van der Waals surface area contributed by atoms with Crippen LogP contribution in [0.5, 0.6) is 5.75 Å². The summed E-state index contributed by atoms with van der Waals surface area (Å²) in [5.74, 6) is 0.974. The number of nitrogens with zero attached hydrogens (tertiary/aromatic N) is 2. The van der Waals surface area contributed by atoms with E-state index in [4.69, 9.17) is 21.1 Å². The van der Waals surface area contributed by atoms with Gasteiger partial charge in [0, 0.05) is 23.8 Å². The normalized spacial score (nSPS) is 11.4. The van der Waals surface area contributed by atoms with E-state index < -0.39 is 10.1 Å². The molecule has 1 heterocycles. The summed E-state index contributed by atoms with van der Waals surface area (Å²) in [5, 5.41) is 0.0874. The molecule has 1 aromatic heterocycles. The maximum Gasteiger partial charge on any atom is 0.295 e. The molecule has 0 saturated heterocycles. The van der Waals surface area contributed by atoms with E-state index in [0.717, 1.165) is 5.56 Å². The van der Waals surface area contributed by atoms with Gasteiger partial charge in [-0.05, 0) is 17.7 Å². The molecule has 1 N–H and O–H groups in total. The molecular formula is C26H23ClN2O6S. The van der Waals surface area contributed by atoms with Gasteiger partial charge in [0.25, 0.3) is 10.1 Å². The van der Waals surface area contributed by atoms with Crippen LogP contribution in [0.4, 0.5) is 0 Å². The van der Waals surface area contributed by atoms with Gasteiger partial charge in [-0.3, -0.25) is 9.35 Å². The Labute approximate surface area is 213 Å². The summed E-state index contributed by atoms with van der Waals surface area (Å²) in [7, 11) is -2.89. The number of methoxy groups -OCH3 is 1. The van der Waals surface area contributed by atoms with Crippen molar-refractivity contribution in [3.63, 3.8) is 0 Å². The van der Waals surface area contributed by atoms with Gasteiger partial charge in [-0.2, -0.15) is 8.42 Å². The van der Waals surface area contributed by atoms with E-state index in [2.05, 4.69) is 4.98 Å². The van der Waals surface area contributed by atoms with Crippen molar-refractivity contribution < 1.29 is 27.2 Å². The Morgan fingerprint density at radius 3 is 2.42 bits per heavy atom. The predicted octanol–water partition coefficient (Wildman–Crippen LogP) is 5.00. The highest BCUT2D eigenvalue weighted by molar-refractivity contribution is 7.86. The monoisotopic (exact) mass is 526 g/mol. The van der Waals surface area contributed by atoms with Crippen LogP contribution in [0.25, 0.3) is 22.5 Å². The highest BCUT2D eigenvalue weighted by Crippen LogP contribution is 2.33. The van der Waals surface area contributed by atoms with Crippen LogP contribution in [-0.4, -0.2) is 49.1 Å². The molecule has 10 heteroatoms. The number of aromatic nitrogens is 2. The van der Waals surface area contributed by atoms with Gasteiger partial charge in [0.1, 0.15) is 28.8 Å². The Morgan fingerprint density at radius 1 is 1.00 bits per heavy atom. The van der Waals surface area contributed by atoms with Gasteiger partial charge in [0.2, 0.25) is 0 Å². The molecule has 0 bridgehead atoms. The molecule has 8 nitrogen and oxygen atoms in total. The lowest BCUT2D eigenvalue weighted by Gasteiger charge is -2.16. The number of hydrogen-bond acceptors (Lipinski definition) is 6. The van der Waals surface area contributed by atoms with Crippen LogP contribution >= 0.6 is 11.6 Å². The lowest BCUT2D eigenvalue weighted by Crippen LogP contribution is -2.10. The molecule has 0 amide bonds. The average Bonchev–Trinajstić information content (AvgIpc) is 3.19. The van der Waals surface area contributed by atoms with E-state index in [9.17, 15) is 17.8 Å². The molecule has 36 heavy (non-hydrogen) atoms. The molecule has 0 atom stereocenters. The van der Waals surface area contributed by atoms with E-state index in [1.54, 1.807) is 42.0 Å². The van der Waals surface area contributed by atoms with Gasteiger partial charge in [-0.1, -0.05) is 72.3 Å². The van der Waals surface area contributed by atoms with Crippen LogP contribution in [0.15, 0.2) is 77.7 Å². The standard InChI is InChI=1S/C26H23ClN2O6S/c1-34-13-14-35-23-15-19(21-9-5-6-10-24(21)36(31,32)33)11-12-20(23)16-29-22(17-30)25(27)28-26(29)18-7-3-2-4-8-18/h2-12,15,17H,13-14,16H2,1H3,(H,31,32,33). The fourth-order valence-corrected chi connectivity index (χ4v) is 4.78. The van der Waals surface area contributed by atoms with Gasteiger partial charge < -0.3 is 14.0 Å². The Bertz CT molecular complexity index is 1490. The summed E-state index contributed by atoms with van der Waals surface area (Å²) in [6, 6.07) is 20.7. The molecule has 0 aliphatic heterocycles. The summed E-state index contributed by atoms with van der Waals surface area (Å²) in [6.07, 6.45) is 0.657. The van der Waals surface area contributed by atoms with Gasteiger partial charge >= 0.3 is 0 Å². The van der Waals surface area contributed by atoms with Crippen LogP contribution < -0.4 is 4.74 Å². The third-order valence-corrected chi connectivity index (χ3v) is 6.71. The second-order valence-electron chi connectivity index (χ2n) is 7.82. The number of aldehydes is 1. The van der Waals surface area contributed by atoms with Crippen molar-refractivity contribution in [2.45, 2.75) is 11.4 Å². The zero-order valence-corrected chi connectivity index (χ0v) is 20.9.